The zero-order valence-corrected chi connectivity index (χ0v) is 10.5. The van der Waals surface area contributed by atoms with E-state index in [4.69, 9.17) is 5.11 Å². The fourth-order valence-corrected chi connectivity index (χ4v) is 2.24. The predicted octanol–water partition coefficient (Wildman–Crippen LogP) is 1.73. The second kappa shape index (κ2) is 6.47. The first kappa shape index (κ1) is 13.8. The second-order valence-corrected chi connectivity index (χ2v) is 4.79. The van der Waals surface area contributed by atoms with Crippen LogP contribution >= 0.6 is 0 Å². The maximum absolute atomic E-state index is 11.6. The lowest BCUT2D eigenvalue weighted by molar-refractivity contribution is -0.139. The summed E-state index contributed by atoms with van der Waals surface area (Å²) in [5, 5.41) is 14.2. The van der Waals surface area contributed by atoms with Gasteiger partial charge < -0.3 is 15.7 Å². The van der Waals surface area contributed by atoms with Crippen LogP contribution in [0.4, 0.5) is 4.79 Å². The van der Waals surface area contributed by atoms with E-state index in [1.54, 1.807) is 6.92 Å². The minimum absolute atomic E-state index is 0.176. The maximum Gasteiger partial charge on any atom is 0.326 e. The average Bonchev–Trinajstić information content (AvgIpc) is 2.28. The largest absolute Gasteiger partial charge is 0.480 e. The van der Waals surface area contributed by atoms with E-state index in [9.17, 15) is 9.59 Å². The minimum atomic E-state index is -0.987. The van der Waals surface area contributed by atoms with Gasteiger partial charge in [-0.1, -0.05) is 26.7 Å². The summed E-state index contributed by atoms with van der Waals surface area (Å²) in [5.74, 6) is -0.515. The van der Waals surface area contributed by atoms with Crippen LogP contribution in [-0.2, 0) is 4.79 Å². The van der Waals surface area contributed by atoms with Crippen LogP contribution in [0.2, 0.25) is 0 Å². The van der Waals surface area contributed by atoms with E-state index < -0.39 is 12.0 Å². The Balaban J connectivity index is 2.40. The quantitative estimate of drug-likeness (QED) is 0.702. The molecule has 3 atom stereocenters. The van der Waals surface area contributed by atoms with E-state index in [0.717, 1.165) is 19.3 Å². The first-order valence-electron chi connectivity index (χ1n) is 6.34. The topological polar surface area (TPSA) is 78.4 Å². The summed E-state index contributed by atoms with van der Waals surface area (Å²) < 4.78 is 0. The second-order valence-electron chi connectivity index (χ2n) is 4.79. The highest BCUT2D eigenvalue weighted by Crippen LogP contribution is 2.23. The molecule has 5 nitrogen and oxygen atoms in total. The van der Waals surface area contributed by atoms with Gasteiger partial charge in [-0.2, -0.15) is 0 Å². The molecule has 17 heavy (non-hydrogen) atoms. The van der Waals surface area contributed by atoms with Crippen LogP contribution in [0.3, 0.4) is 0 Å². The molecule has 0 aromatic carbocycles. The van der Waals surface area contributed by atoms with Gasteiger partial charge in [0.1, 0.15) is 6.04 Å². The smallest absolute Gasteiger partial charge is 0.326 e. The molecule has 0 heterocycles. The molecule has 0 aromatic rings. The fourth-order valence-electron chi connectivity index (χ4n) is 2.24. The molecular weight excluding hydrogens is 220 g/mol. The molecule has 3 unspecified atom stereocenters. The van der Waals surface area contributed by atoms with E-state index in [2.05, 4.69) is 17.6 Å². The number of carbonyl (C=O) groups excluding carboxylic acids is 1. The SMILES string of the molecule is CCC(NC(=O)NC1CCCCC1C)C(=O)O. The molecule has 1 aliphatic carbocycles. The van der Waals surface area contributed by atoms with Crippen molar-refractivity contribution >= 4 is 12.0 Å². The summed E-state index contributed by atoms with van der Waals surface area (Å²) in [6.07, 6.45) is 4.85. The molecule has 98 valence electrons. The van der Waals surface area contributed by atoms with Gasteiger partial charge in [0.25, 0.3) is 0 Å². The molecule has 0 aliphatic heterocycles. The van der Waals surface area contributed by atoms with Gasteiger partial charge in [-0.3, -0.25) is 0 Å². The van der Waals surface area contributed by atoms with Crippen molar-refractivity contribution in [1.29, 1.82) is 0 Å². The normalized spacial score (nSPS) is 26.0. The molecule has 0 spiro atoms. The van der Waals surface area contributed by atoms with Crippen LogP contribution in [0.1, 0.15) is 46.0 Å². The Morgan fingerprint density at radius 1 is 1.35 bits per heavy atom. The Morgan fingerprint density at radius 3 is 2.53 bits per heavy atom. The maximum atomic E-state index is 11.6. The van der Waals surface area contributed by atoms with Crippen molar-refractivity contribution in [2.45, 2.75) is 58.0 Å². The summed E-state index contributed by atoms with van der Waals surface area (Å²) in [5.41, 5.74) is 0. The summed E-state index contributed by atoms with van der Waals surface area (Å²) in [6.45, 7) is 3.86. The Hall–Kier alpha value is -1.26. The van der Waals surface area contributed by atoms with Gasteiger partial charge in [-0.25, -0.2) is 9.59 Å². The lowest BCUT2D eigenvalue weighted by Gasteiger charge is -2.29. The van der Waals surface area contributed by atoms with Crippen molar-refractivity contribution in [3.63, 3.8) is 0 Å². The number of amides is 2. The summed E-state index contributed by atoms with van der Waals surface area (Å²) in [4.78, 5) is 22.4. The minimum Gasteiger partial charge on any atom is -0.480 e. The molecule has 3 N–H and O–H groups in total. The lowest BCUT2D eigenvalue weighted by Crippen LogP contribution is -2.50. The van der Waals surface area contributed by atoms with Crippen LogP contribution in [-0.4, -0.2) is 29.2 Å². The Bertz CT molecular complexity index is 281. The number of urea groups is 1. The van der Waals surface area contributed by atoms with Crippen LogP contribution in [0.15, 0.2) is 0 Å². The molecule has 5 heteroatoms. The highest BCUT2D eigenvalue weighted by molar-refractivity contribution is 5.82. The standard InChI is InChI=1S/C12H22N2O3/c1-3-9(11(15)16)13-12(17)14-10-7-5-4-6-8(10)2/h8-10H,3-7H2,1-2H3,(H,15,16)(H2,13,14,17). The van der Waals surface area contributed by atoms with Gasteiger partial charge in [0.15, 0.2) is 0 Å². The zero-order valence-electron chi connectivity index (χ0n) is 10.5. The summed E-state index contributed by atoms with van der Waals surface area (Å²) in [6, 6.07) is -0.984. The van der Waals surface area contributed by atoms with E-state index in [1.165, 1.54) is 6.42 Å². The van der Waals surface area contributed by atoms with Crippen molar-refractivity contribution in [2.24, 2.45) is 5.92 Å². The van der Waals surface area contributed by atoms with Crippen molar-refractivity contribution in [3.05, 3.63) is 0 Å². The van der Waals surface area contributed by atoms with Gasteiger partial charge in [0, 0.05) is 6.04 Å². The van der Waals surface area contributed by atoms with E-state index in [0.29, 0.717) is 12.3 Å². The van der Waals surface area contributed by atoms with Gasteiger partial charge >= 0.3 is 12.0 Å². The molecular formula is C12H22N2O3. The fraction of sp³-hybridized carbons (Fsp3) is 0.833. The number of carboxylic acid groups (broad SMARTS) is 1. The van der Waals surface area contributed by atoms with E-state index >= 15 is 0 Å². The Morgan fingerprint density at radius 2 is 2.00 bits per heavy atom. The van der Waals surface area contributed by atoms with Gasteiger partial charge in [0.05, 0.1) is 0 Å². The van der Waals surface area contributed by atoms with Gasteiger partial charge in [-0.05, 0) is 25.2 Å². The molecule has 0 radical (unpaired) electrons. The van der Waals surface area contributed by atoms with Crippen LogP contribution in [0, 0.1) is 5.92 Å². The first-order chi connectivity index (χ1) is 8.04. The number of hydrogen-bond donors (Lipinski definition) is 3. The molecule has 0 aromatic heterocycles. The number of hydrogen-bond acceptors (Lipinski definition) is 2. The molecule has 0 bridgehead atoms. The van der Waals surface area contributed by atoms with Crippen LogP contribution in [0.25, 0.3) is 0 Å². The third-order valence-electron chi connectivity index (χ3n) is 3.44. The molecule has 1 rings (SSSR count). The molecule has 1 fully saturated rings. The van der Waals surface area contributed by atoms with Gasteiger partial charge in [0.2, 0.25) is 0 Å². The van der Waals surface area contributed by atoms with Crippen molar-refractivity contribution in [1.82, 2.24) is 10.6 Å². The third kappa shape index (κ3) is 4.24. The van der Waals surface area contributed by atoms with Crippen molar-refractivity contribution in [2.75, 3.05) is 0 Å². The summed E-state index contributed by atoms with van der Waals surface area (Å²) in [7, 11) is 0. The predicted molar refractivity (Wildman–Crippen MR) is 64.8 cm³/mol. The monoisotopic (exact) mass is 242 g/mol. The van der Waals surface area contributed by atoms with Crippen LogP contribution in [0.5, 0.6) is 0 Å². The van der Waals surface area contributed by atoms with E-state index in [-0.39, 0.29) is 12.1 Å². The number of carbonyl (C=O) groups is 2. The molecule has 0 saturated heterocycles. The highest BCUT2D eigenvalue weighted by Gasteiger charge is 2.24. The van der Waals surface area contributed by atoms with Crippen molar-refractivity contribution < 1.29 is 14.7 Å². The number of carboxylic acids is 1. The Kier molecular flexibility index (Phi) is 5.25. The number of nitrogens with one attached hydrogen (secondary N) is 2. The van der Waals surface area contributed by atoms with Crippen LogP contribution < -0.4 is 10.6 Å². The van der Waals surface area contributed by atoms with Crippen molar-refractivity contribution in [3.8, 4) is 0 Å². The summed E-state index contributed by atoms with van der Waals surface area (Å²) >= 11 is 0. The lowest BCUT2D eigenvalue weighted by atomic mass is 9.86. The molecule has 2 amide bonds. The average molecular weight is 242 g/mol. The highest BCUT2D eigenvalue weighted by atomic mass is 16.4. The number of aliphatic carboxylic acids is 1. The molecule has 1 saturated carbocycles. The van der Waals surface area contributed by atoms with E-state index in [1.807, 2.05) is 0 Å². The first-order valence-corrected chi connectivity index (χ1v) is 6.34. The Labute approximate surface area is 102 Å². The molecule has 1 aliphatic rings. The van der Waals surface area contributed by atoms with Gasteiger partial charge in [-0.15, -0.1) is 0 Å². The third-order valence-corrected chi connectivity index (χ3v) is 3.44. The zero-order chi connectivity index (χ0) is 12.8. The number of rotatable bonds is 4.